The zero-order valence-electron chi connectivity index (χ0n) is 13.6. The average molecular weight is 334 g/mol. The molecule has 1 N–H and O–H groups in total. The number of benzene rings is 2. The van der Waals surface area contributed by atoms with Gasteiger partial charge in [-0.1, -0.05) is 30.3 Å². The predicted molar refractivity (Wildman–Crippen MR) is 89.1 cm³/mol. The number of halogens is 2. The molecule has 0 fully saturated rings. The van der Waals surface area contributed by atoms with Crippen LogP contribution in [-0.2, 0) is 11.3 Å². The molecule has 0 aliphatic carbocycles. The summed E-state index contributed by atoms with van der Waals surface area (Å²) in [6, 6.07) is 15.3. The number of amides is 1. The van der Waals surface area contributed by atoms with E-state index >= 15 is 0 Å². The van der Waals surface area contributed by atoms with E-state index in [0.717, 1.165) is 11.3 Å². The molecule has 1 atom stereocenters. The highest BCUT2D eigenvalue weighted by atomic mass is 19.3. The number of rotatable bonds is 7. The number of anilines is 1. The van der Waals surface area contributed by atoms with Crippen LogP contribution in [0.1, 0.15) is 12.5 Å². The van der Waals surface area contributed by atoms with Gasteiger partial charge in [-0.25, -0.2) is 0 Å². The molecule has 0 bridgehead atoms. The zero-order valence-corrected chi connectivity index (χ0v) is 13.6. The molecule has 0 aromatic heterocycles. The summed E-state index contributed by atoms with van der Waals surface area (Å²) in [4.78, 5) is 14.1. The van der Waals surface area contributed by atoms with Crippen molar-refractivity contribution in [3.05, 3.63) is 60.2 Å². The van der Waals surface area contributed by atoms with Crippen molar-refractivity contribution < 1.29 is 18.3 Å². The molecule has 6 heteroatoms. The Morgan fingerprint density at radius 2 is 1.75 bits per heavy atom. The van der Waals surface area contributed by atoms with E-state index in [1.54, 1.807) is 12.1 Å². The topological polar surface area (TPSA) is 41.6 Å². The minimum Gasteiger partial charge on any atom is -0.435 e. The van der Waals surface area contributed by atoms with E-state index in [0.29, 0.717) is 6.54 Å². The zero-order chi connectivity index (χ0) is 17.5. The highest BCUT2D eigenvalue weighted by Gasteiger charge is 2.18. The van der Waals surface area contributed by atoms with E-state index in [2.05, 4.69) is 10.1 Å². The van der Waals surface area contributed by atoms with Crippen molar-refractivity contribution in [3.63, 3.8) is 0 Å². The van der Waals surface area contributed by atoms with Crippen molar-refractivity contribution in [1.82, 2.24) is 4.90 Å². The molecule has 1 amide bonds. The minimum atomic E-state index is -2.83. The third-order valence-electron chi connectivity index (χ3n) is 3.66. The van der Waals surface area contributed by atoms with Crippen LogP contribution in [0.3, 0.4) is 0 Å². The molecule has 0 radical (unpaired) electrons. The second-order valence-electron chi connectivity index (χ2n) is 5.47. The lowest BCUT2D eigenvalue weighted by atomic mass is 10.1. The minimum absolute atomic E-state index is 0.110. The van der Waals surface area contributed by atoms with Crippen LogP contribution >= 0.6 is 0 Å². The van der Waals surface area contributed by atoms with E-state index in [-0.39, 0.29) is 17.7 Å². The summed E-state index contributed by atoms with van der Waals surface area (Å²) in [6.45, 7) is -0.509. The standard InChI is InChI=1S/C18H20F2N2O2/c1-13(17(23)21-15-6-4-3-5-7-15)22(2)12-14-8-10-16(11-9-14)24-18(19)20/h3-11,13,18H,12H2,1-2H3,(H,21,23). The Kier molecular flexibility index (Phi) is 6.26. The first-order valence-electron chi connectivity index (χ1n) is 7.55. The number of para-hydroxylation sites is 1. The third-order valence-corrected chi connectivity index (χ3v) is 3.66. The number of nitrogens with one attached hydrogen (secondary N) is 1. The molecule has 0 saturated carbocycles. The van der Waals surface area contributed by atoms with Crippen LogP contribution in [0.5, 0.6) is 5.75 Å². The van der Waals surface area contributed by atoms with E-state index < -0.39 is 6.61 Å². The van der Waals surface area contributed by atoms with Gasteiger partial charge in [-0.15, -0.1) is 0 Å². The van der Waals surface area contributed by atoms with Gasteiger partial charge in [-0.2, -0.15) is 8.78 Å². The molecule has 2 aromatic carbocycles. The molecule has 0 heterocycles. The molecule has 0 saturated heterocycles. The Balaban J connectivity index is 1.90. The lowest BCUT2D eigenvalue weighted by Crippen LogP contribution is -2.39. The molecule has 4 nitrogen and oxygen atoms in total. The van der Waals surface area contributed by atoms with Gasteiger partial charge in [-0.05, 0) is 43.8 Å². The Morgan fingerprint density at radius 1 is 1.12 bits per heavy atom. The largest absolute Gasteiger partial charge is 0.435 e. The maximum atomic E-state index is 12.3. The van der Waals surface area contributed by atoms with Crippen molar-refractivity contribution in [2.75, 3.05) is 12.4 Å². The number of hydrogen-bond acceptors (Lipinski definition) is 3. The predicted octanol–water partition coefficient (Wildman–Crippen LogP) is 3.75. The van der Waals surface area contributed by atoms with Crippen LogP contribution in [0.4, 0.5) is 14.5 Å². The third kappa shape index (κ3) is 5.31. The molecule has 2 rings (SSSR count). The fourth-order valence-electron chi connectivity index (χ4n) is 2.17. The summed E-state index contributed by atoms with van der Waals surface area (Å²) in [6.07, 6.45) is 0. The van der Waals surface area contributed by atoms with Gasteiger partial charge in [0.1, 0.15) is 5.75 Å². The molecule has 0 aliphatic heterocycles. The fourth-order valence-corrected chi connectivity index (χ4v) is 2.17. The number of hydrogen-bond donors (Lipinski definition) is 1. The summed E-state index contributed by atoms with van der Waals surface area (Å²) in [5.41, 5.74) is 1.65. The molecule has 128 valence electrons. The van der Waals surface area contributed by atoms with Crippen LogP contribution in [0, 0.1) is 0 Å². The second-order valence-corrected chi connectivity index (χ2v) is 5.47. The van der Waals surface area contributed by atoms with Gasteiger partial charge in [0.2, 0.25) is 5.91 Å². The first-order chi connectivity index (χ1) is 11.5. The van der Waals surface area contributed by atoms with E-state index in [9.17, 15) is 13.6 Å². The summed E-state index contributed by atoms with van der Waals surface area (Å²) in [5, 5.41) is 2.86. The van der Waals surface area contributed by atoms with Crippen LogP contribution in [0.2, 0.25) is 0 Å². The molecule has 0 aliphatic rings. The van der Waals surface area contributed by atoms with Gasteiger partial charge < -0.3 is 10.1 Å². The molecule has 0 spiro atoms. The van der Waals surface area contributed by atoms with Gasteiger partial charge in [0.05, 0.1) is 6.04 Å². The molecular weight excluding hydrogens is 314 g/mol. The Labute approximate surface area is 140 Å². The van der Waals surface area contributed by atoms with E-state index in [1.807, 2.05) is 49.2 Å². The van der Waals surface area contributed by atoms with E-state index in [1.165, 1.54) is 12.1 Å². The Morgan fingerprint density at radius 3 is 2.33 bits per heavy atom. The Bertz CT molecular complexity index is 648. The average Bonchev–Trinajstić information content (AvgIpc) is 2.56. The van der Waals surface area contributed by atoms with Gasteiger partial charge in [0.25, 0.3) is 0 Å². The molecular formula is C18H20F2N2O2. The fraction of sp³-hybridized carbons (Fsp3) is 0.278. The van der Waals surface area contributed by atoms with Crippen LogP contribution in [0.15, 0.2) is 54.6 Å². The van der Waals surface area contributed by atoms with Crippen LogP contribution in [0.25, 0.3) is 0 Å². The number of alkyl halides is 2. The molecule has 1 unspecified atom stereocenters. The molecule has 2 aromatic rings. The maximum Gasteiger partial charge on any atom is 0.387 e. The Hall–Kier alpha value is -2.47. The van der Waals surface area contributed by atoms with Crippen molar-refractivity contribution in [2.45, 2.75) is 26.1 Å². The van der Waals surface area contributed by atoms with Gasteiger partial charge >= 0.3 is 6.61 Å². The first-order valence-corrected chi connectivity index (χ1v) is 7.55. The lowest BCUT2D eigenvalue weighted by molar-refractivity contribution is -0.120. The van der Waals surface area contributed by atoms with Crippen molar-refractivity contribution in [1.29, 1.82) is 0 Å². The van der Waals surface area contributed by atoms with Gasteiger partial charge in [0, 0.05) is 12.2 Å². The van der Waals surface area contributed by atoms with Crippen molar-refractivity contribution in [3.8, 4) is 5.75 Å². The molecule has 24 heavy (non-hydrogen) atoms. The number of carbonyl (C=O) groups is 1. The smallest absolute Gasteiger partial charge is 0.387 e. The normalized spacial score (nSPS) is 12.2. The SMILES string of the molecule is CC(C(=O)Nc1ccccc1)N(C)Cc1ccc(OC(F)F)cc1. The summed E-state index contributed by atoms with van der Waals surface area (Å²) >= 11 is 0. The van der Waals surface area contributed by atoms with Crippen molar-refractivity contribution >= 4 is 11.6 Å². The number of nitrogens with zero attached hydrogens (tertiary/aromatic N) is 1. The van der Waals surface area contributed by atoms with Crippen LogP contribution < -0.4 is 10.1 Å². The van der Waals surface area contributed by atoms with Crippen molar-refractivity contribution in [2.24, 2.45) is 0 Å². The maximum absolute atomic E-state index is 12.3. The first kappa shape index (κ1) is 17.9. The highest BCUT2D eigenvalue weighted by molar-refractivity contribution is 5.94. The summed E-state index contributed by atoms with van der Waals surface area (Å²) in [5.74, 6) is 0.00706. The quantitative estimate of drug-likeness (QED) is 0.838. The summed E-state index contributed by atoms with van der Waals surface area (Å²) < 4.78 is 28.6. The monoisotopic (exact) mass is 334 g/mol. The number of likely N-dealkylation sites (N-methyl/N-ethyl adjacent to an activating group) is 1. The van der Waals surface area contributed by atoms with Crippen LogP contribution in [-0.4, -0.2) is 30.5 Å². The van der Waals surface area contributed by atoms with Gasteiger partial charge in [0.15, 0.2) is 0 Å². The number of carbonyl (C=O) groups excluding carboxylic acids is 1. The van der Waals surface area contributed by atoms with E-state index in [4.69, 9.17) is 0 Å². The van der Waals surface area contributed by atoms with Gasteiger partial charge in [-0.3, -0.25) is 9.69 Å². The highest BCUT2D eigenvalue weighted by Crippen LogP contribution is 2.16. The lowest BCUT2D eigenvalue weighted by Gasteiger charge is -2.24. The second kappa shape index (κ2) is 8.40. The summed E-state index contributed by atoms with van der Waals surface area (Å²) in [7, 11) is 1.83. The number of ether oxygens (including phenoxy) is 1.